The highest BCUT2D eigenvalue weighted by atomic mass is 16.5. The summed E-state index contributed by atoms with van der Waals surface area (Å²) >= 11 is 0. The molecular weight excluding hydrogens is 314 g/mol. The number of rotatable bonds is 4. The van der Waals surface area contributed by atoms with Crippen LogP contribution >= 0.6 is 0 Å². The number of nitrogens with zero attached hydrogens (tertiary/aromatic N) is 5. The Balaban J connectivity index is 1.55. The van der Waals surface area contributed by atoms with Crippen molar-refractivity contribution in [1.29, 1.82) is 0 Å². The van der Waals surface area contributed by atoms with Gasteiger partial charge in [-0.05, 0) is 24.6 Å². The van der Waals surface area contributed by atoms with Crippen molar-refractivity contribution in [1.82, 2.24) is 19.7 Å². The van der Waals surface area contributed by atoms with E-state index in [1.54, 1.807) is 6.20 Å². The SMILES string of the molecule is Cc1cnn(CC2CN(c3ccncc3-c3cccnc3)CCO2)c1. The van der Waals surface area contributed by atoms with Crippen LogP contribution in [0.15, 0.2) is 55.4 Å². The van der Waals surface area contributed by atoms with E-state index in [1.165, 1.54) is 11.3 Å². The zero-order chi connectivity index (χ0) is 17.1. The fraction of sp³-hybridized carbons (Fsp3) is 0.316. The summed E-state index contributed by atoms with van der Waals surface area (Å²) in [4.78, 5) is 10.9. The molecule has 0 bridgehead atoms. The Morgan fingerprint density at radius 1 is 1.16 bits per heavy atom. The second-order valence-electron chi connectivity index (χ2n) is 6.31. The van der Waals surface area contributed by atoms with Gasteiger partial charge in [0.2, 0.25) is 0 Å². The molecule has 1 unspecified atom stereocenters. The lowest BCUT2D eigenvalue weighted by Gasteiger charge is -2.35. The van der Waals surface area contributed by atoms with Gasteiger partial charge in [0.15, 0.2) is 0 Å². The van der Waals surface area contributed by atoms with Crippen molar-refractivity contribution in [3.05, 3.63) is 60.9 Å². The van der Waals surface area contributed by atoms with Crippen LogP contribution in [0.3, 0.4) is 0 Å². The van der Waals surface area contributed by atoms with E-state index in [9.17, 15) is 0 Å². The maximum Gasteiger partial charge on any atom is 0.0946 e. The van der Waals surface area contributed by atoms with Crippen LogP contribution in [0.2, 0.25) is 0 Å². The smallest absolute Gasteiger partial charge is 0.0946 e. The van der Waals surface area contributed by atoms with E-state index in [4.69, 9.17) is 4.74 Å². The zero-order valence-corrected chi connectivity index (χ0v) is 14.2. The van der Waals surface area contributed by atoms with E-state index in [1.807, 2.05) is 35.5 Å². The molecule has 0 N–H and O–H groups in total. The van der Waals surface area contributed by atoms with Gasteiger partial charge in [-0.2, -0.15) is 5.10 Å². The minimum atomic E-state index is 0.114. The van der Waals surface area contributed by atoms with Crippen LogP contribution < -0.4 is 4.90 Å². The number of pyridine rings is 2. The first-order valence-corrected chi connectivity index (χ1v) is 8.49. The van der Waals surface area contributed by atoms with Crippen molar-refractivity contribution in [2.45, 2.75) is 19.6 Å². The minimum Gasteiger partial charge on any atom is -0.373 e. The molecule has 0 amide bonds. The van der Waals surface area contributed by atoms with Gasteiger partial charge in [-0.1, -0.05) is 6.07 Å². The molecule has 0 spiro atoms. The van der Waals surface area contributed by atoms with E-state index in [0.29, 0.717) is 6.61 Å². The predicted octanol–water partition coefficient (Wildman–Crippen LogP) is 2.55. The summed E-state index contributed by atoms with van der Waals surface area (Å²) in [6, 6.07) is 6.09. The third-order valence-electron chi connectivity index (χ3n) is 4.40. The van der Waals surface area contributed by atoms with Crippen molar-refractivity contribution in [3.8, 4) is 11.1 Å². The summed E-state index contributed by atoms with van der Waals surface area (Å²) in [5.74, 6) is 0. The molecule has 1 aliphatic heterocycles. The standard InChI is InChI=1S/C19H21N5O/c1-15-9-22-24(12-15)14-17-13-23(7-8-25-17)19-4-6-21-11-18(19)16-3-2-5-20-10-16/h2-6,9-12,17H,7-8,13-14H2,1H3. The Hall–Kier alpha value is -2.73. The summed E-state index contributed by atoms with van der Waals surface area (Å²) in [6.07, 6.45) is 11.5. The molecule has 0 aromatic carbocycles. The highest BCUT2D eigenvalue weighted by Crippen LogP contribution is 2.30. The molecule has 4 heterocycles. The quantitative estimate of drug-likeness (QED) is 0.733. The van der Waals surface area contributed by atoms with E-state index in [2.05, 4.69) is 45.2 Å². The van der Waals surface area contributed by atoms with Crippen molar-refractivity contribution in [2.75, 3.05) is 24.6 Å². The molecule has 25 heavy (non-hydrogen) atoms. The van der Waals surface area contributed by atoms with Crippen LogP contribution in [0, 0.1) is 6.92 Å². The summed E-state index contributed by atoms with van der Waals surface area (Å²) in [5.41, 5.74) is 4.52. The van der Waals surface area contributed by atoms with Crippen molar-refractivity contribution in [3.63, 3.8) is 0 Å². The Morgan fingerprint density at radius 3 is 2.88 bits per heavy atom. The van der Waals surface area contributed by atoms with Crippen LogP contribution in [0.25, 0.3) is 11.1 Å². The van der Waals surface area contributed by atoms with E-state index in [-0.39, 0.29) is 6.10 Å². The first kappa shape index (κ1) is 15.8. The second kappa shape index (κ2) is 7.03. The molecule has 3 aromatic heterocycles. The summed E-state index contributed by atoms with van der Waals surface area (Å²) in [6.45, 7) is 5.22. The highest BCUT2D eigenvalue weighted by Gasteiger charge is 2.23. The minimum absolute atomic E-state index is 0.114. The van der Waals surface area contributed by atoms with Gasteiger partial charge in [0.25, 0.3) is 0 Å². The van der Waals surface area contributed by atoms with E-state index >= 15 is 0 Å². The van der Waals surface area contributed by atoms with Crippen LogP contribution in [0.5, 0.6) is 0 Å². The molecular formula is C19H21N5O. The van der Waals surface area contributed by atoms with Gasteiger partial charge in [0, 0.05) is 60.9 Å². The Kier molecular flexibility index (Phi) is 4.43. The molecule has 0 aliphatic carbocycles. The topological polar surface area (TPSA) is 56.1 Å². The Bertz CT molecular complexity index is 833. The Labute approximate surface area is 147 Å². The van der Waals surface area contributed by atoms with Crippen LogP contribution in [-0.4, -0.2) is 45.5 Å². The van der Waals surface area contributed by atoms with Gasteiger partial charge in [-0.25, -0.2) is 0 Å². The lowest BCUT2D eigenvalue weighted by molar-refractivity contribution is 0.0274. The molecule has 1 fully saturated rings. The van der Waals surface area contributed by atoms with Gasteiger partial charge in [-0.15, -0.1) is 0 Å². The molecule has 1 aliphatic rings. The van der Waals surface area contributed by atoms with Gasteiger partial charge in [-0.3, -0.25) is 14.6 Å². The lowest BCUT2D eigenvalue weighted by Crippen LogP contribution is -2.44. The van der Waals surface area contributed by atoms with Gasteiger partial charge in [0.1, 0.15) is 0 Å². The van der Waals surface area contributed by atoms with Crippen LogP contribution in [0.1, 0.15) is 5.56 Å². The Morgan fingerprint density at radius 2 is 2.08 bits per heavy atom. The van der Waals surface area contributed by atoms with Crippen molar-refractivity contribution in [2.24, 2.45) is 0 Å². The normalized spacial score (nSPS) is 17.6. The number of ether oxygens (including phenoxy) is 1. The van der Waals surface area contributed by atoms with Crippen molar-refractivity contribution >= 4 is 5.69 Å². The fourth-order valence-electron chi connectivity index (χ4n) is 3.23. The van der Waals surface area contributed by atoms with Gasteiger partial charge in [0.05, 0.1) is 25.5 Å². The third-order valence-corrected chi connectivity index (χ3v) is 4.40. The fourth-order valence-corrected chi connectivity index (χ4v) is 3.23. The first-order valence-electron chi connectivity index (χ1n) is 8.49. The average molecular weight is 335 g/mol. The molecule has 1 atom stereocenters. The second-order valence-corrected chi connectivity index (χ2v) is 6.31. The number of morpholine rings is 1. The number of anilines is 1. The molecule has 3 aromatic rings. The maximum atomic E-state index is 5.96. The molecule has 6 heteroatoms. The highest BCUT2D eigenvalue weighted by molar-refractivity contribution is 5.77. The first-order chi connectivity index (χ1) is 12.3. The monoisotopic (exact) mass is 335 g/mol. The summed E-state index contributed by atoms with van der Waals surface area (Å²) in [5, 5.41) is 4.37. The molecule has 0 saturated carbocycles. The van der Waals surface area contributed by atoms with E-state index in [0.717, 1.165) is 30.8 Å². The molecule has 128 valence electrons. The lowest BCUT2D eigenvalue weighted by atomic mass is 10.1. The molecule has 0 radical (unpaired) electrons. The van der Waals surface area contributed by atoms with Gasteiger partial charge >= 0.3 is 0 Å². The number of hydrogen-bond acceptors (Lipinski definition) is 5. The average Bonchev–Trinajstić information content (AvgIpc) is 3.07. The molecule has 1 saturated heterocycles. The largest absolute Gasteiger partial charge is 0.373 e. The van der Waals surface area contributed by atoms with Gasteiger partial charge < -0.3 is 9.64 Å². The van der Waals surface area contributed by atoms with E-state index < -0.39 is 0 Å². The van der Waals surface area contributed by atoms with Crippen LogP contribution in [-0.2, 0) is 11.3 Å². The summed E-state index contributed by atoms with van der Waals surface area (Å²) in [7, 11) is 0. The predicted molar refractivity (Wildman–Crippen MR) is 96.4 cm³/mol. The van der Waals surface area contributed by atoms with Crippen molar-refractivity contribution < 1.29 is 4.74 Å². The summed E-state index contributed by atoms with van der Waals surface area (Å²) < 4.78 is 7.91. The maximum absolute atomic E-state index is 5.96. The number of aryl methyl sites for hydroxylation is 1. The number of aromatic nitrogens is 4. The molecule has 4 rings (SSSR count). The number of hydrogen-bond donors (Lipinski definition) is 0. The zero-order valence-electron chi connectivity index (χ0n) is 14.2. The van der Waals surface area contributed by atoms with Crippen LogP contribution in [0.4, 0.5) is 5.69 Å². The third kappa shape index (κ3) is 3.53. The molecule has 6 nitrogen and oxygen atoms in total.